The van der Waals surface area contributed by atoms with Gasteiger partial charge in [0.15, 0.2) is 4.80 Å². The molecule has 182 valence electrons. The summed E-state index contributed by atoms with van der Waals surface area (Å²) < 4.78 is 2.38. The largest absolute Gasteiger partial charge is 0.288 e. The molecule has 5 rings (SSSR count). The van der Waals surface area contributed by atoms with Gasteiger partial charge in [0.2, 0.25) is 0 Å². The van der Waals surface area contributed by atoms with Crippen molar-refractivity contribution in [3.63, 3.8) is 0 Å². The lowest BCUT2D eigenvalue weighted by molar-refractivity contribution is 0.289. The van der Waals surface area contributed by atoms with E-state index in [1.165, 1.54) is 45.6 Å². The summed E-state index contributed by atoms with van der Waals surface area (Å²) in [5, 5.41) is 3.50. The van der Waals surface area contributed by atoms with E-state index in [4.69, 9.17) is 28.2 Å². The number of thiazole rings is 1. The Morgan fingerprint density at radius 3 is 2.11 bits per heavy atom. The molecule has 1 fully saturated rings. The van der Waals surface area contributed by atoms with E-state index in [2.05, 4.69) is 80.1 Å². The van der Waals surface area contributed by atoms with Crippen LogP contribution in [0.5, 0.6) is 0 Å². The van der Waals surface area contributed by atoms with Crippen molar-refractivity contribution in [2.45, 2.75) is 52.4 Å². The molecule has 35 heavy (non-hydrogen) atoms. The van der Waals surface area contributed by atoms with E-state index < -0.39 is 0 Å². The maximum Gasteiger partial charge on any atom is 0.194 e. The molecule has 3 aromatic carbocycles. The summed E-state index contributed by atoms with van der Waals surface area (Å²) in [6.45, 7) is 8.57. The van der Waals surface area contributed by atoms with Gasteiger partial charge in [-0.2, -0.15) is 0 Å². The summed E-state index contributed by atoms with van der Waals surface area (Å²) in [6.07, 6.45) is 3.34. The average molecular weight is 588 g/mol. The van der Waals surface area contributed by atoms with E-state index in [9.17, 15) is 0 Å². The number of halogens is 3. The van der Waals surface area contributed by atoms with Crippen LogP contribution in [0.2, 0.25) is 10.0 Å². The molecule has 0 radical (unpaired) electrons. The van der Waals surface area contributed by atoms with Crippen molar-refractivity contribution in [2.75, 3.05) is 0 Å². The second-order valence-electron chi connectivity index (χ2n) is 9.50. The topological polar surface area (TPSA) is 17.3 Å². The zero-order chi connectivity index (χ0) is 24.0. The highest BCUT2D eigenvalue weighted by Gasteiger charge is 2.43. The van der Waals surface area contributed by atoms with E-state index >= 15 is 0 Å². The fourth-order valence-electron chi connectivity index (χ4n) is 5.06. The van der Waals surface area contributed by atoms with E-state index in [1.54, 1.807) is 11.3 Å². The Labute approximate surface area is 232 Å². The molecule has 0 N–H and O–H groups in total. The molecule has 0 unspecified atom stereocenters. The van der Waals surface area contributed by atoms with Crippen LogP contribution < -0.4 is 4.80 Å². The minimum Gasteiger partial charge on any atom is -0.288 e. The maximum absolute atomic E-state index is 6.48. The van der Waals surface area contributed by atoms with E-state index in [0.29, 0.717) is 10.0 Å². The second-order valence-corrected chi connectivity index (χ2v) is 11.1. The summed E-state index contributed by atoms with van der Waals surface area (Å²) in [7, 11) is 0. The van der Waals surface area contributed by atoms with Crippen LogP contribution in [0, 0.1) is 27.7 Å². The van der Waals surface area contributed by atoms with Crippen LogP contribution in [0.3, 0.4) is 0 Å². The molecule has 2 nitrogen and oxygen atoms in total. The smallest absolute Gasteiger partial charge is 0.194 e. The number of rotatable bonds is 4. The van der Waals surface area contributed by atoms with E-state index in [0.717, 1.165) is 23.3 Å². The minimum atomic E-state index is -0.0991. The van der Waals surface area contributed by atoms with E-state index in [-0.39, 0.29) is 22.4 Å². The van der Waals surface area contributed by atoms with E-state index in [1.807, 2.05) is 12.1 Å². The highest BCUT2D eigenvalue weighted by atomic mass is 79.9. The fourth-order valence-corrected chi connectivity index (χ4v) is 6.36. The van der Waals surface area contributed by atoms with Crippen LogP contribution in [0.25, 0.3) is 5.69 Å². The second kappa shape index (κ2) is 10.3. The van der Waals surface area contributed by atoms with Crippen LogP contribution in [0.4, 0.5) is 5.69 Å². The van der Waals surface area contributed by atoms with Gasteiger partial charge in [0.25, 0.3) is 0 Å². The SMILES string of the molecule is Br.Cc1ccc(/N=c2/scc(C3(c4ccc(Cl)c(Cl)c4)CCC3)n2-c2ccc(C)cc2C)c(C)c1. The Kier molecular flexibility index (Phi) is 7.68. The van der Waals surface area contributed by atoms with Crippen molar-refractivity contribution in [1.29, 1.82) is 0 Å². The highest BCUT2D eigenvalue weighted by molar-refractivity contribution is 8.93. The Morgan fingerprint density at radius 1 is 0.829 bits per heavy atom. The number of hydrogen-bond donors (Lipinski definition) is 0. The summed E-state index contributed by atoms with van der Waals surface area (Å²) >= 11 is 14.5. The molecule has 0 spiro atoms. The molecule has 0 saturated heterocycles. The average Bonchev–Trinajstić information content (AvgIpc) is 3.15. The molecule has 0 bridgehead atoms. The first-order valence-corrected chi connectivity index (χ1v) is 13.3. The van der Waals surface area contributed by atoms with Crippen LogP contribution in [0.1, 0.15) is 52.8 Å². The van der Waals surface area contributed by atoms with Gasteiger partial charge in [0, 0.05) is 16.5 Å². The molecule has 0 atom stereocenters. The van der Waals surface area contributed by atoms with Gasteiger partial charge < -0.3 is 0 Å². The van der Waals surface area contributed by atoms with Gasteiger partial charge >= 0.3 is 0 Å². The Morgan fingerprint density at radius 2 is 1.51 bits per heavy atom. The normalized spacial score (nSPS) is 15.0. The van der Waals surface area contributed by atoms with Crippen LogP contribution in [0.15, 0.2) is 65.0 Å². The third kappa shape index (κ3) is 4.79. The molecule has 6 heteroatoms. The molecule has 4 aromatic rings. The monoisotopic (exact) mass is 586 g/mol. The number of benzene rings is 3. The number of hydrogen-bond acceptors (Lipinski definition) is 2. The Balaban J connectivity index is 0.00000289. The van der Waals surface area contributed by atoms with Crippen molar-refractivity contribution in [1.82, 2.24) is 4.57 Å². The summed E-state index contributed by atoms with van der Waals surface area (Å²) in [5.41, 5.74) is 9.52. The third-order valence-corrected chi connectivity index (χ3v) is 8.60. The lowest BCUT2D eigenvalue weighted by atomic mass is 9.62. The lowest BCUT2D eigenvalue weighted by Crippen LogP contribution is -2.38. The summed E-state index contributed by atoms with van der Waals surface area (Å²) in [6, 6.07) is 19.2. The van der Waals surface area contributed by atoms with Crippen molar-refractivity contribution in [3.05, 3.63) is 108 Å². The quantitative estimate of drug-likeness (QED) is 0.226. The Hall–Kier alpha value is -1.85. The molecular formula is C29H29BrCl2N2S. The standard InChI is InChI=1S/C29H28Cl2N2S.BrH/c1-18-6-10-25(20(3)14-18)32-28-33(26-11-7-19(2)15-21(26)4)27(17-34-28)29(12-5-13-29)22-8-9-23(30)24(31)16-22;/h6-11,14-17H,5,12-13H2,1-4H3;1H/b32-28+;. The molecule has 1 saturated carbocycles. The zero-order valence-corrected chi connectivity index (χ0v) is 24.4. The van der Waals surface area contributed by atoms with Gasteiger partial charge in [-0.1, -0.05) is 71.1 Å². The van der Waals surface area contributed by atoms with Crippen molar-refractivity contribution in [2.24, 2.45) is 4.99 Å². The predicted molar refractivity (Wildman–Crippen MR) is 156 cm³/mol. The van der Waals surface area contributed by atoms with Crippen LogP contribution >= 0.6 is 51.5 Å². The Bertz CT molecular complexity index is 1460. The maximum atomic E-state index is 6.48. The van der Waals surface area contributed by atoms with Crippen LogP contribution in [-0.4, -0.2) is 4.57 Å². The van der Waals surface area contributed by atoms with Gasteiger partial charge in [-0.25, -0.2) is 4.99 Å². The molecule has 0 aliphatic heterocycles. The molecular weight excluding hydrogens is 559 g/mol. The highest BCUT2D eigenvalue weighted by Crippen LogP contribution is 2.50. The van der Waals surface area contributed by atoms with Crippen molar-refractivity contribution < 1.29 is 0 Å². The zero-order valence-electron chi connectivity index (χ0n) is 20.4. The molecule has 1 aromatic heterocycles. The first-order chi connectivity index (χ1) is 16.3. The van der Waals surface area contributed by atoms with Crippen molar-refractivity contribution >= 4 is 57.2 Å². The summed E-state index contributed by atoms with van der Waals surface area (Å²) in [4.78, 5) is 6.16. The molecule has 1 aliphatic rings. The van der Waals surface area contributed by atoms with Gasteiger partial charge in [-0.15, -0.1) is 28.3 Å². The molecule has 0 amide bonds. The predicted octanol–water partition coefficient (Wildman–Crippen LogP) is 9.36. The van der Waals surface area contributed by atoms with Gasteiger partial charge in [-0.05, 0) is 81.5 Å². The number of nitrogens with zero attached hydrogens (tertiary/aromatic N) is 2. The van der Waals surface area contributed by atoms with Gasteiger partial charge in [0.05, 0.1) is 21.4 Å². The third-order valence-electron chi connectivity index (χ3n) is 7.04. The first kappa shape index (κ1) is 26.2. The first-order valence-electron chi connectivity index (χ1n) is 11.6. The minimum absolute atomic E-state index is 0. The van der Waals surface area contributed by atoms with Crippen molar-refractivity contribution in [3.8, 4) is 5.69 Å². The molecule has 1 heterocycles. The lowest BCUT2D eigenvalue weighted by Gasteiger charge is -2.43. The molecule has 1 aliphatic carbocycles. The van der Waals surface area contributed by atoms with Gasteiger partial charge in [0.1, 0.15) is 0 Å². The fraction of sp³-hybridized carbons (Fsp3) is 0.276. The summed E-state index contributed by atoms with van der Waals surface area (Å²) in [5.74, 6) is 0. The number of aromatic nitrogens is 1. The van der Waals surface area contributed by atoms with Crippen LogP contribution in [-0.2, 0) is 5.41 Å². The number of aryl methyl sites for hydroxylation is 4. The van der Waals surface area contributed by atoms with Gasteiger partial charge in [-0.3, -0.25) is 4.57 Å².